The number of nitrogens with zero attached hydrogens (tertiary/aromatic N) is 2. The molecule has 0 aliphatic heterocycles. The number of aromatic amines is 1. The molecule has 0 aromatic carbocycles. The smallest absolute Gasteiger partial charge is 0.349 e. The van der Waals surface area contributed by atoms with Gasteiger partial charge in [-0.3, -0.25) is 5.41 Å². The van der Waals surface area contributed by atoms with Crippen LogP contribution >= 0.6 is 0 Å². The summed E-state index contributed by atoms with van der Waals surface area (Å²) in [4.78, 5) is 18.5. The van der Waals surface area contributed by atoms with Gasteiger partial charge in [0.15, 0.2) is 0 Å². The molecule has 0 amide bonds. The summed E-state index contributed by atoms with van der Waals surface area (Å²) < 4.78 is 1.47. The van der Waals surface area contributed by atoms with Crippen LogP contribution in [-0.4, -0.2) is 20.4 Å². The van der Waals surface area contributed by atoms with E-state index in [1.807, 2.05) is 6.07 Å². The minimum Gasteiger partial charge on any atom is -0.388 e. The quantitative estimate of drug-likeness (QED) is 0.416. The fourth-order valence-electron chi connectivity index (χ4n) is 1.91. The van der Waals surface area contributed by atoms with Crippen LogP contribution < -0.4 is 11.4 Å². The Balaban J connectivity index is 2.06. The SMILES string of the molecule is Cn1cc2cc(CCCCC(=N)N)[nH]c2nc1=O. The first-order valence-electron chi connectivity index (χ1n) is 5.94. The number of amidine groups is 1. The van der Waals surface area contributed by atoms with E-state index in [9.17, 15) is 4.79 Å². The van der Waals surface area contributed by atoms with E-state index in [-0.39, 0.29) is 11.5 Å². The van der Waals surface area contributed by atoms with Crippen LogP contribution in [0.15, 0.2) is 17.1 Å². The van der Waals surface area contributed by atoms with Crippen molar-refractivity contribution in [1.29, 1.82) is 5.41 Å². The Morgan fingerprint density at radius 2 is 2.33 bits per heavy atom. The van der Waals surface area contributed by atoms with Gasteiger partial charge in [-0.15, -0.1) is 0 Å². The molecule has 0 radical (unpaired) electrons. The zero-order valence-corrected chi connectivity index (χ0v) is 10.4. The van der Waals surface area contributed by atoms with Crippen LogP contribution in [0.3, 0.4) is 0 Å². The average Bonchev–Trinajstić information content (AvgIpc) is 2.67. The lowest BCUT2D eigenvalue weighted by Crippen LogP contribution is -2.18. The number of rotatable bonds is 5. The fraction of sp³-hybridized carbons (Fsp3) is 0.417. The number of nitrogens with two attached hydrogens (primary N) is 1. The number of aryl methyl sites for hydroxylation is 2. The van der Waals surface area contributed by atoms with Crippen molar-refractivity contribution in [2.75, 3.05) is 0 Å². The summed E-state index contributed by atoms with van der Waals surface area (Å²) in [6.07, 6.45) is 5.15. The van der Waals surface area contributed by atoms with E-state index in [1.54, 1.807) is 13.2 Å². The summed E-state index contributed by atoms with van der Waals surface area (Å²) in [5.41, 5.74) is 6.74. The number of unbranched alkanes of at least 4 members (excludes halogenated alkanes) is 1. The van der Waals surface area contributed by atoms with E-state index < -0.39 is 0 Å². The second kappa shape index (κ2) is 5.03. The van der Waals surface area contributed by atoms with Crippen molar-refractivity contribution in [3.8, 4) is 0 Å². The van der Waals surface area contributed by atoms with E-state index in [4.69, 9.17) is 11.1 Å². The molecular formula is C12H17N5O. The number of fused-ring (bicyclic) bond motifs is 1. The first kappa shape index (κ1) is 12.3. The highest BCUT2D eigenvalue weighted by atomic mass is 16.1. The molecule has 0 unspecified atom stereocenters. The largest absolute Gasteiger partial charge is 0.388 e. The molecule has 2 aromatic heterocycles. The predicted octanol–water partition coefficient (Wildman–Crippen LogP) is 0.910. The number of H-pyrrole nitrogens is 1. The highest BCUT2D eigenvalue weighted by Gasteiger charge is 2.04. The topological polar surface area (TPSA) is 101 Å². The van der Waals surface area contributed by atoms with Gasteiger partial charge in [0.1, 0.15) is 5.65 Å². The van der Waals surface area contributed by atoms with Crippen LogP contribution in [-0.2, 0) is 13.5 Å². The van der Waals surface area contributed by atoms with Crippen molar-refractivity contribution in [2.24, 2.45) is 12.8 Å². The lowest BCUT2D eigenvalue weighted by atomic mass is 10.1. The van der Waals surface area contributed by atoms with Crippen LogP contribution in [0.1, 0.15) is 25.0 Å². The number of hydrogen-bond donors (Lipinski definition) is 3. The lowest BCUT2D eigenvalue weighted by molar-refractivity contribution is 0.747. The molecule has 0 bridgehead atoms. The van der Waals surface area contributed by atoms with Crippen LogP contribution in [0.2, 0.25) is 0 Å². The minimum atomic E-state index is -0.257. The van der Waals surface area contributed by atoms with Crippen LogP contribution in [0.4, 0.5) is 0 Å². The molecule has 0 atom stereocenters. The van der Waals surface area contributed by atoms with E-state index in [2.05, 4.69) is 9.97 Å². The van der Waals surface area contributed by atoms with E-state index in [0.717, 1.165) is 30.3 Å². The fourth-order valence-corrected chi connectivity index (χ4v) is 1.91. The molecule has 0 saturated heterocycles. The summed E-state index contributed by atoms with van der Waals surface area (Å²) in [7, 11) is 1.69. The van der Waals surface area contributed by atoms with Crippen molar-refractivity contribution < 1.29 is 0 Å². The first-order valence-corrected chi connectivity index (χ1v) is 5.94. The zero-order chi connectivity index (χ0) is 13.1. The molecule has 0 aliphatic carbocycles. The molecule has 6 nitrogen and oxygen atoms in total. The summed E-state index contributed by atoms with van der Waals surface area (Å²) in [6, 6.07) is 2.01. The molecule has 0 aliphatic rings. The third-order valence-corrected chi connectivity index (χ3v) is 2.87. The van der Waals surface area contributed by atoms with Gasteiger partial charge in [0.05, 0.1) is 5.84 Å². The van der Waals surface area contributed by atoms with Crippen molar-refractivity contribution in [3.05, 3.63) is 28.4 Å². The Morgan fingerprint density at radius 1 is 1.56 bits per heavy atom. The number of nitrogens with one attached hydrogen (secondary N) is 2. The zero-order valence-electron chi connectivity index (χ0n) is 10.4. The maximum atomic E-state index is 11.4. The summed E-state index contributed by atoms with van der Waals surface area (Å²) in [6.45, 7) is 0. The highest BCUT2D eigenvalue weighted by Crippen LogP contribution is 2.13. The Bertz CT molecular complexity index is 625. The Hall–Kier alpha value is -2.11. The normalized spacial score (nSPS) is 10.9. The third-order valence-electron chi connectivity index (χ3n) is 2.87. The number of aromatic nitrogens is 3. The van der Waals surface area contributed by atoms with Gasteiger partial charge in [-0.05, 0) is 25.3 Å². The molecule has 2 heterocycles. The molecular weight excluding hydrogens is 230 g/mol. The van der Waals surface area contributed by atoms with Gasteiger partial charge in [-0.1, -0.05) is 0 Å². The second-order valence-electron chi connectivity index (χ2n) is 4.47. The van der Waals surface area contributed by atoms with Crippen molar-refractivity contribution >= 4 is 16.9 Å². The Kier molecular flexibility index (Phi) is 3.45. The van der Waals surface area contributed by atoms with E-state index in [1.165, 1.54) is 4.57 Å². The van der Waals surface area contributed by atoms with Gasteiger partial charge in [-0.25, -0.2) is 4.79 Å². The van der Waals surface area contributed by atoms with E-state index in [0.29, 0.717) is 12.1 Å². The second-order valence-corrected chi connectivity index (χ2v) is 4.47. The van der Waals surface area contributed by atoms with Gasteiger partial charge >= 0.3 is 5.69 Å². The van der Waals surface area contributed by atoms with Gasteiger partial charge in [0.2, 0.25) is 0 Å². The Labute approximate surface area is 104 Å². The molecule has 0 spiro atoms. The van der Waals surface area contributed by atoms with Crippen molar-refractivity contribution in [1.82, 2.24) is 14.5 Å². The van der Waals surface area contributed by atoms with Gasteiger partial charge in [-0.2, -0.15) is 4.98 Å². The molecule has 6 heteroatoms. The third kappa shape index (κ3) is 2.77. The maximum Gasteiger partial charge on any atom is 0.349 e. The van der Waals surface area contributed by atoms with Gasteiger partial charge in [0.25, 0.3) is 0 Å². The molecule has 0 saturated carbocycles. The predicted molar refractivity (Wildman–Crippen MR) is 70.8 cm³/mol. The summed E-state index contributed by atoms with van der Waals surface area (Å²) >= 11 is 0. The van der Waals surface area contributed by atoms with Crippen molar-refractivity contribution in [2.45, 2.75) is 25.7 Å². The summed E-state index contributed by atoms with van der Waals surface area (Å²) in [5, 5.41) is 8.08. The minimum absolute atomic E-state index is 0.233. The lowest BCUT2D eigenvalue weighted by Gasteiger charge is -1.97. The maximum absolute atomic E-state index is 11.4. The van der Waals surface area contributed by atoms with E-state index >= 15 is 0 Å². The van der Waals surface area contributed by atoms with Crippen molar-refractivity contribution in [3.63, 3.8) is 0 Å². The van der Waals surface area contributed by atoms with Gasteiger partial charge < -0.3 is 15.3 Å². The summed E-state index contributed by atoms with van der Waals surface area (Å²) in [5.74, 6) is 0.233. The molecule has 2 aromatic rings. The average molecular weight is 247 g/mol. The number of hydrogen-bond acceptors (Lipinski definition) is 3. The standard InChI is InChI=1S/C12H17N5O/c1-17-7-8-6-9(4-2-3-5-10(13)14)15-11(8)16-12(17)18/h6-7H,2-5H2,1H3,(H3,13,14)(H,15,16,18). The van der Waals surface area contributed by atoms with Gasteiger partial charge in [0, 0.05) is 30.7 Å². The molecule has 18 heavy (non-hydrogen) atoms. The Morgan fingerprint density at radius 3 is 3.06 bits per heavy atom. The molecule has 2 rings (SSSR count). The highest BCUT2D eigenvalue weighted by molar-refractivity contribution is 5.76. The van der Waals surface area contributed by atoms with Crippen LogP contribution in [0.5, 0.6) is 0 Å². The van der Waals surface area contributed by atoms with Crippen LogP contribution in [0.25, 0.3) is 11.0 Å². The molecule has 0 fully saturated rings. The first-order chi connectivity index (χ1) is 8.56. The van der Waals surface area contributed by atoms with Crippen LogP contribution in [0, 0.1) is 5.41 Å². The molecule has 96 valence electrons. The molecule has 4 N–H and O–H groups in total. The monoisotopic (exact) mass is 247 g/mol.